The summed E-state index contributed by atoms with van der Waals surface area (Å²) in [7, 11) is -4.42. The summed E-state index contributed by atoms with van der Waals surface area (Å²) in [5, 5.41) is 3.40. The number of carbonyl (C=O) groups is 2. The maximum atomic E-state index is 15.2. The van der Waals surface area contributed by atoms with Crippen molar-refractivity contribution in [2.45, 2.75) is 37.2 Å². The van der Waals surface area contributed by atoms with Gasteiger partial charge >= 0.3 is 0 Å². The Balaban J connectivity index is 1.83. The van der Waals surface area contributed by atoms with Gasteiger partial charge in [0.2, 0.25) is 11.8 Å². The number of hydrogen-bond donors (Lipinski definition) is 1. The van der Waals surface area contributed by atoms with Crippen LogP contribution in [0.5, 0.6) is 0 Å². The molecule has 0 aliphatic heterocycles. The Hall–Kier alpha value is -3.92. The number of para-hydroxylation sites is 1. The first-order valence-corrected chi connectivity index (χ1v) is 16.2. The number of rotatable bonds is 13. The molecule has 4 rings (SSSR count). The Morgan fingerprint density at radius 3 is 2.05 bits per heavy atom. The number of benzene rings is 4. The van der Waals surface area contributed by atoms with Crippen LogP contribution in [0.25, 0.3) is 0 Å². The molecule has 230 valence electrons. The molecule has 0 saturated heterocycles. The normalized spacial score (nSPS) is 11.9. The first-order chi connectivity index (χ1) is 21.1. The Morgan fingerprint density at radius 1 is 0.841 bits per heavy atom. The summed E-state index contributed by atoms with van der Waals surface area (Å²) in [6, 6.07) is 25.7. The van der Waals surface area contributed by atoms with E-state index in [1.807, 2.05) is 37.3 Å². The lowest BCUT2D eigenvalue weighted by atomic mass is 10.0. The van der Waals surface area contributed by atoms with E-state index in [0.717, 1.165) is 15.9 Å². The van der Waals surface area contributed by atoms with E-state index in [0.29, 0.717) is 18.5 Å². The summed E-state index contributed by atoms with van der Waals surface area (Å²) in [5.74, 6) is -2.02. The van der Waals surface area contributed by atoms with Crippen LogP contribution in [0, 0.1) is 5.82 Å². The first kappa shape index (κ1) is 33.0. The van der Waals surface area contributed by atoms with E-state index in [1.54, 1.807) is 24.3 Å². The zero-order chi connectivity index (χ0) is 31.7. The van der Waals surface area contributed by atoms with Gasteiger partial charge in [-0.1, -0.05) is 96.9 Å². The van der Waals surface area contributed by atoms with Crippen molar-refractivity contribution in [2.75, 3.05) is 17.4 Å². The number of carbonyl (C=O) groups excluding carboxylic acids is 2. The molecule has 1 atom stereocenters. The second-order valence-corrected chi connectivity index (χ2v) is 12.7. The molecular formula is C33H32Cl2FN3O4S. The second kappa shape index (κ2) is 15.2. The number of halogens is 3. The fourth-order valence-electron chi connectivity index (χ4n) is 4.66. The van der Waals surface area contributed by atoms with Crippen LogP contribution >= 0.6 is 23.2 Å². The molecule has 4 aromatic rings. The van der Waals surface area contributed by atoms with Crippen molar-refractivity contribution < 1.29 is 22.4 Å². The van der Waals surface area contributed by atoms with Gasteiger partial charge in [0.25, 0.3) is 10.0 Å². The standard InChI is InChI=1S/C33H32Cl2FN3O4S/c1-2-20-37-33(41)31(21-24-12-5-3-6-13-24)38(22-26-27(34)16-11-17-28(26)35)32(40)23-39(30-19-10-9-18-29(30)36)44(42,43)25-14-7-4-8-15-25/h3-19,31H,2,20-23H2,1H3,(H,37,41)/t31-/m0/s1. The number of anilines is 1. The van der Waals surface area contributed by atoms with E-state index in [1.165, 1.54) is 47.4 Å². The lowest BCUT2D eigenvalue weighted by molar-refractivity contribution is -0.140. The summed E-state index contributed by atoms with van der Waals surface area (Å²) in [4.78, 5) is 29.2. The Morgan fingerprint density at radius 2 is 1.43 bits per heavy atom. The van der Waals surface area contributed by atoms with E-state index >= 15 is 4.39 Å². The number of amides is 2. The molecule has 0 aliphatic rings. The van der Waals surface area contributed by atoms with E-state index < -0.39 is 40.2 Å². The third-order valence-corrected chi connectivity index (χ3v) is 9.42. The third-order valence-electron chi connectivity index (χ3n) is 6.94. The molecule has 2 amide bonds. The molecule has 7 nitrogen and oxygen atoms in total. The fourth-order valence-corrected chi connectivity index (χ4v) is 6.62. The minimum Gasteiger partial charge on any atom is -0.354 e. The monoisotopic (exact) mass is 655 g/mol. The zero-order valence-electron chi connectivity index (χ0n) is 24.0. The van der Waals surface area contributed by atoms with Gasteiger partial charge in [0, 0.05) is 35.1 Å². The fraction of sp³-hybridized carbons (Fsp3) is 0.212. The van der Waals surface area contributed by atoms with Gasteiger partial charge in [-0.3, -0.25) is 13.9 Å². The molecule has 0 fully saturated rings. The Bertz CT molecular complexity index is 1670. The van der Waals surface area contributed by atoms with Gasteiger partial charge in [-0.15, -0.1) is 0 Å². The summed E-state index contributed by atoms with van der Waals surface area (Å²) in [5.41, 5.74) is 0.847. The largest absolute Gasteiger partial charge is 0.354 e. The highest BCUT2D eigenvalue weighted by molar-refractivity contribution is 7.92. The lowest BCUT2D eigenvalue weighted by Gasteiger charge is -2.34. The van der Waals surface area contributed by atoms with E-state index in [-0.39, 0.29) is 33.6 Å². The lowest BCUT2D eigenvalue weighted by Crippen LogP contribution is -2.53. The molecule has 1 N–H and O–H groups in total. The molecule has 0 radical (unpaired) electrons. The summed E-state index contributed by atoms with van der Waals surface area (Å²) >= 11 is 13.0. The van der Waals surface area contributed by atoms with Gasteiger partial charge in [-0.2, -0.15) is 0 Å². The number of sulfonamides is 1. The maximum absolute atomic E-state index is 15.2. The van der Waals surface area contributed by atoms with Gasteiger partial charge in [-0.25, -0.2) is 12.8 Å². The van der Waals surface area contributed by atoms with Gasteiger partial charge in [-0.05, 0) is 48.4 Å². The van der Waals surface area contributed by atoms with Crippen molar-refractivity contribution in [1.29, 1.82) is 0 Å². The van der Waals surface area contributed by atoms with Crippen molar-refractivity contribution in [2.24, 2.45) is 0 Å². The summed E-state index contributed by atoms with van der Waals surface area (Å²) in [6.07, 6.45) is 0.778. The van der Waals surface area contributed by atoms with E-state index in [4.69, 9.17) is 23.2 Å². The average molecular weight is 657 g/mol. The molecule has 0 spiro atoms. The predicted molar refractivity (Wildman–Crippen MR) is 172 cm³/mol. The van der Waals surface area contributed by atoms with Gasteiger partial charge in [0.15, 0.2) is 0 Å². The molecule has 4 aromatic carbocycles. The molecule has 0 aromatic heterocycles. The molecule has 0 saturated carbocycles. The summed E-state index contributed by atoms with van der Waals surface area (Å²) < 4.78 is 43.7. The van der Waals surface area contributed by atoms with Crippen LogP contribution in [-0.4, -0.2) is 44.3 Å². The summed E-state index contributed by atoms with van der Waals surface area (Å²) in [6.45, 7) is 1.26. The molecule has 0 bridgehead atoms. The SMILES string of the molecule is CCCNC(=O)[C@H](Cc1ccccc1)N(Cc1c(Cl)cccc1Cl)C(=O)CN(c1ccccc1F)S(=O)(=O)c1ccccc1. The van der Waals surface area contributed by atoms with Gasteiger partial charge < -0.3 is 10.2 Å². The van der Waals surface area contributed by atoms with Crippen molar-refractivity contribution >= 4 is 50.7 Å². The topological polar surface area (TPSA) is 86.8 Å². The van der Waals surface area contributed by atoms with Crippen LogP contribution < -0.4 is 9.62 Å². The van der Waals surface area contributed by atoms with Crippen LogP contribution in [0.4, 0.5) is 10.1 Å². The highest BCUT2D eigenvalue weighted by atomic mass is 35.5. The van der Waals surface area contributed by atoms with Crippen molar-refractivity contribution in [3.63, 3.8) is 0 Å². The number of hydrogen-bond acceptors (Lipinski definition) is 4. The molecule has 0 aliphatic carbocycles. The molecule has 0 heterocycles. The number of nitrogens with one attached hydrogen (secondary N) is 1. The maximum Gasteiger partial charge on any atom is 0.264 e. The minimum absolute atomic E-state index is 0.120. The molecule has 0 unspecified atom stereocenters. The average Bonchev–Trinajstić information content (AvgIpc) is 3.02. The quantitative estimate of drug-likeness (QED) is 0.178. The van der Waals surface area contributed by atoms with Crippen LogP contribution in [-0.2, 0) is 32.6 Å². The van der Waals surface area contributed by atoms with E-state index in [2.05, 4.69) is 5.32 Å². The van der Waals surface area contributed by atoms with E-state index in [9.17, 15) is 18.0 Å². The number of nitrogens with zero attached hydrogens (tertiary/aromatic N) is 2. The molecule has 44 heavy (non-hydrogen) atoms. The highest BCUT2D eigenvalue weighted by Gasteiger charge is 2.35. The predicted octanol–water partition coefficient (Wildman–Crippen LogP) is 6.49. The van der Waals surface area contributed by atoms with Crippen LogP contribution in [0.2, 0.25) is 10.0 Å². The van der Waals surface area contributed by atoms with Crippen molar-refractivity contribution in [3.05, 3.63) is 130 Å². The molecule has 11 heteroatoms. The van der Waals surface area contributed by atoms with Crippen molar-refractivity contribution in [1.82, 2.24) is 10.2 Å². The Kier molecular flexibility index (Phi) is 11.4. The van der Waals surface area contributed by atoms with Crippen LogP contribution in [0.1, 0.15) is 24.5 Å². The van der Waals surface area contributed by atoms with Gasteiger partial charge in [0.1, 0.15) is 18.4 Å². The Labute approximate surface area is 267 Å². The zero-order valence-corrected chi connectivity index (χ0v) is 26.3. The van der Waals surface area contributed by atoms with Crippen molar-refractivity contribution in [3.8, 4) is 0 Å². The minimum atomic E-state index is -4.42. The second-order valence-electron chi connectivity index (χ2n) is 9.99. The van der Waals surface area contributed by atoms with Gasteiger partial charge in [0.05, 0.1) is 10.6 Å². The molecular weight excluding hydrogens is 624 g/mol. The highest BCUT2D eigenvalue weighted by Crippen LogP contribution is 2.30. The smallest absolute Gasteiger partial charge is 0.264 e. The van der Waals surface area contributed by atoms with Crippen LogP contribution in [0.15, 0.2) is 108 Å². The third kappa shape index (κ3) is 7.96. The first-order valence-electron chi connectivity index (χ1n) is 14.0. The van der Waals surface area contributed by atoms with Crippen LogP contribution in [0.3, 0.4) is 0 Å².